The topological polar surface area (TPSA) is 52.7 Å². The summed E-state index contributed by atoms with van der Waals surface area (Å²) in [6, 6.07) is 0. The van der Waals surface area contributed by atoms with Crippen molar-refractivity contribution in [2.75, 3.05) is 0 Å². The number of imidazole rings is 1. The number of rotatable bonds is 2. The van der Waals surface area contributed by atoms with Gasteiger partial charge in [-0.25, -0.2) is 9.36 Å². The van der Waals surface area contributed by atoms with Gasteiger partial charge in [0.2, 0.25) is 5.13 Å². The van der Waals surface area contributed by atoms with Gasteiger partial charge in [0.05, 0.1) is 11.6 Å². The lowest BCUT2D eigenvalue weighted by molar-refractivity contribution is 0.578. The highest BCUT2D eigenvalue weighted by Crippen LogP contribution is 2.26. The minimum Gasteiger partial charge on any atom is -0.298 e. The van der Waals surface area contributed by atoms with Crippen LogP contribution in [-0.4, -0.2) is 19.3 Å². The fourth-order valence-corrected chi connectivity index (χ4v) is 2.57. The van der Waals surface area contributed by atoms with Crippen LogP contribution in [-0.2, 0) is 18.3 Å². The number of halogens is 1. The summed E-state index contributed by atoms with van der Waals surface area (Å²) in [5.41, 5.74) is 0.542. The lowest BCUT2D eigenvalue weighted by Crippen LogP contribution is -2.21. The first-order chi connectivity index (χ1) is 8.34. The molecule has 0 bridgehead atoms. The highest BCUT2D eigenvalue weighted by molar-refractivity contribution is 7.13. The van der Waals surface area contributed by atoms with Crippen LogP contribution >= 0.6 is 22.9 Å². The molecular formula is C11H15ClN4OS. The number of hydrogen-bond acceptors (Lipinski definition) is 4. The second-order valence-electron chi connectivity index (χ2n) is 5.11. The van der Waals surface area contributed by atoms with Crippen LogP contribution in [0, 0.1) is 0 Å². The fraction of sp³-hybridized carbons (Fsp3) is 0.545. The average molecular weight is 287 g/mol. The van der Waals surface area contributed by atoms with E-state index in [2.05, 4.69) is 31.0 Å². The van der Waals surface area contributed by atoms with Gasteiger partial charge in [0.15, 0.2) is 0 Å². The van der Waals surface area contributed by atoms with Crippen LogP contribution in [0.1, 0.15) is 31.5 Å². The molecule has 0 N–H and O–H groups in total. The number of aromatic nitrogens is 4. The van der Waals surface area contributed by atoms with Crippen molar-refractivity contribution in [3.05, 3.63) is 27.4 Å². The predicted molar refractivity (Wildman–Crippen MR) is 72.7 cm³/mol. The van der Waals surface area contributed by atoms with Crippen LogP contribution in [0.15, 0.2) is 11.0 Å². The van der Waals surface area contributed by atoms with E-state index < -0.39 is 0 Å². The molecule has 5 nitrogen and oxygen atoms in total. The molecule has 98 valence electrons. The number of nitrogens with zero attached hydrogens (tertiary/aromatic N) is 4. The van der Waals surface area contributed by atoms with Gasteiger partial charge in [-0.2, -0.15) is 0 Å². The van der Waals surface area contributed by atoms with Crippen molar-refractivity contribution in [1.29, 1.82) is 0 Å². The van der Waals surface area contributed by atoms with Gasteiger partial charge in [-0.3, -0.25) is 4.57 Å². The smallest absolute Gasteiger partial charge is 0.298 e. The van der Waals surface area contributed by atoms with Crippen molar-refractivity contribution in [3.63, 3.8) is 0 Å². The Morgan fingerprint density at radius 2 is 2.06 bits per heavy atom. The van der Waals surface area contributed by atoms with Crippen LogP contribution < -0.4 is 5.69 Å². The summed E-state index contributed by atoms with van der Waals surface area (Å²) < 4.78 is 3.01. The molecule has 0 atom stereocenters. The maximum absolute atomic E-state index is 12.0. The predicted octanol–water partition coefficient (Wildman–Crippen LogP) is 2.06. The minimum atomic E-state index is -0.151. The van der Waals surface area contributed by atoms with Crippen molar-refractivity contribution in [1.82, 2.24) is 19.3 Å². The Bertz CT molecular complexity index is 620. The molecule has 2 rings (SSSR count). The molecule has 7 heteroatoms. The summed E-state index contributed by atoms with van der Waals surface area (Å²) in [7, 11) is 1.70. The van der Waals surface area contributed by atoms with Gasteiger partial charge in [-0.1, -0.05) is 32.1 Å². The van der Waals surface area contributed by atoms with E-state index in [-0.39, 0.29) is 11.1 Å². The molecule has 0 amide bonds. The second kappa shape index (κ2) is 4.51. The molecule has 2 heterocycles. The van der Waals surface area contributed by atoms with Crippen molar-refractivity contribution in [3.8, 4) is 5.13 Å². The lowest BCUT2D eigenvalue weighted by atomic mass is 9.98. The summed E-state index contributed by atoms with van der Waals surface area (Å²) in [4.78, 5) is 12.0. The van der Waals surface area contributed by atoms with E-state index in [0.29, 0.717) is 11.0 Å². The monoisotopic (exact) mass is 286 g/mol. The first-order valence-corrected chi connectivity index (χ1v) is 6.87. The van der Waals surface area contributed by atoms with Crippen LogP contribution in [0.25, 0.3) is 5.13 Å². The van der Waals surface area contributed by atoms with Gasteiger partial charge in [0, 0.05) is 18.7 Å². The standard InChI is InChI=1S/C11H15ClN4OS/c1-11(2,3)8-13-14-9(18-8)16-6-7(5-12)15(4)10(16)17/h6H,5H2,1-4H3. The first-order valence-electron chi connectivity index (χ1n) is 5.52. The Hall–Kier alpha value is -1.14. The third-order valence-electron chi connectivity index (χ3n) is 2.60. The lowest BCUT2D eigenvalue weighted by Gasteiger charge is -2.12. The molecule has 0 saturated carbocycles. The highest BCUT2D eigenvalue weighted by Gasteiger charge is 2.21. The van der Waals surface area contributed by atoms with Crippen LogP contribution in [0.5, 0.6) is 0 Å². The SMILES string of the molecule is Cn1c(CCl)cn(-c2nnc(C(C)(C)C)s2)c1=O. The maximum atomic E-state index is 12.0. The van der Waals surface area contributed by atoms with Crippen LogP contribution in [0.3, 0.4) is 0 Å². The van der Waals surface area contributed by atoms with E-state index in [9.17, 15) is 4.79 Å². The van der Waals surface area contributed by atoms with E-state index in [4.69, 9.17) is 11.6 Å². The summed E-state index contributed by atoms with van der Waals surface area (Å²) >= 11 is 7.20. The zero-order valence-corrected chi connectivity index (χ0v) is 12.3. The van der Waals surface area contributed by atoms with E-state index in [0.717, 1.165) is 10.7 Å². The van der Waals surface area contributed by atoms with Crippen molar-refractivity contribution in [2.45, 2.75) is 32.1 Å². The van der Waals surface area contributed by atoms with E-state index in [1.54, 1.807) is 13.2 Å². The molecule has 0 saturated heterocycles. The van der Waals surface area contributed by atoms with E-state index in [1.807, 2.05) is 0 Å². The van der Waals surface area contributed by atoms with Gasteiger partial charge >= 0.3 is 5.69 Å². The third kappa shape index (κ3) is 2.22. The zero-order valence-electron chi connectivity index (χ0n) is 10.8. The molecule has 0 aliphatic rings. The Morgan fingerprint density at radius 1 is 1.39 bits per heavy atom. The number of alkyl halides is 1. The Kier molecular flexibility index (Phi) is 3.33. The Morgan fingerprint density at radius 3 is 2.50 bits per heavy atom. The average Bonchev–Trinajstić information content (AvgIpc) is 2.86. The molecule has 0 aliphatic heterocycles. The van der Waals surface area contributed by atoms with Crippen LogP contribution in [0.2, 0.25) is 0 Å². The van der Waals surface area contributed by atoms with Gasteiger partial charge in [0.25, 0.3) is 0 Å². The van der Waals surface area contributed by atoms with Crippen molar-refractivity contribution < 1.29 is 0 Å². The van der Waals surface area contributed by atoms with E-state index >= 15 is 0 Å². The normalized spacial score (nSPS) is 12.1. The second-order valence-corrected chi connectivity index (χ2v) is 6.33. The summed E-state index contributed by atoms with van der Waals surface area (Å²) in [5.74, 6) is 0.295. The Balaban J connectivity index is 2.50. The quantitative estimate of drug-likeness (QED) is 0.794. The fourth-order valence-electron chi connectivity index (χ4n) is 1.45. The van der Waals surface area contributed by atoms with Crippen molar-refractivity contribution >= 4 is 22.9 Å². The molecule has 0 radical (unpaired) electrons. The third-order valence-corrected chi connectivity index (χ3v) is 4.22. The molecule has 0 aromatic carbocycles. The zero-order chi connectivity index (χ0) is 13.5. The Labute approximate surface area is 114 Å². The molecule has 2 aromatic heterocycles. The molecule has 0 unspecified atom stereocenters. The van der Waals surface area contributed by atoms with E-state index in [1.165, 1.54) is 20.5 Å². The van der Waals surface area contributed by atoms with Crippen molar-refractivity contribution in [2.24, 2.45) is 7.05 Å². The highest BCUT2D eigenvalue weighted by atomic mass is 35.5. The van der Waals surface area contributed by atoms with Crippen LogP contribution in [0.4, 0.5) is 0 Å². The molecule has 0 fully saturated rings. The summed E-state index contributed by atoms with van der Waals surface area (Å²) in [5, 5.41) is 9.70. The summed E-state index contributed by atoms with van der Waals surface area (Å²) in [6.45, 7) is 6.19. The van der Waals surface area contributed by atoms with Gasteiger partial charge in [0.1, 0.15) is 5.01 Å². The van der Waals surface area contributed by atoms with Gasteiger partial charge in [-0.05, 0) is 0 Å². The van der Waals surface area contributed by atoms with Gasteiger partial charge < -0.3 is 0 Å². The molecular weight excluding hydrogens is 272 g/mol. The molecule has 0 spiro atoms. The molecule has 2 aromatic rings. The molecule has 18 heavy (non-hydrogen) atoms. The largest absolute Gasteiger partial charge is 0.334 e. The van der Waals surface area contributed by atoms with Gasteiger partial charge in [-0.15, -0.1) is 21.8 Å². The summed E-state index contributed by atoms with van der Waals surface area (Å²) in [6.07, 6.45) is 1.71. The minimum absolute atomic E-state index is 0.0659. The first kappa shape index (κ1) is 13.3. The number of hydrogen-bond donors (Lipinski definition) is 0. The molecule has 0 aliphatic carbocycles. The maximum Gasteiger partial charge on any atom is 0.334 e.